The van der Waals surface area contributed by atoms with E-state index in [-0.39, 0.29) is 0 Å². The fraction of sp³-hybridized carbons (Fsp3) is 0.500. The number of alkyl halides is 6. The molecule has 2 rings (SSSR count). The van der Waals surface area contributed by atoms with Gasteiger partial charge >= 0.3 is 196 Å². The molecule has 0 spiro atoms. The second-order valence-electron chi connectivity index (χ2n) is 7.96. The maximum absolute atomic E-state index is 15.7. The minimum atomic E-state index is -7.40. The van der Waals surface area contributed by atoms with Crippen LogP contribution in [0.4, 0.5) is 26.3 Å². The van der Waals surface area contributed by atoms with Gasteiger partial charge in [-0.3, -0.25) is 0 Å². The zero-order chi connectivity index (χ0) is 24.9. The molecule has 0 radical (unpaired) electrons. The molecule has 0 fully saturated rings. The fourth-order valence-electron chi connectivity index (χ4n) is 3.57. The maximum atomic E-state index is 15.7. The van der Waals surface area contributed by atoms with E-state index in [1.807, 2.05) is 0 Å². The van der Waals surface area contributed by atoms with Crippen molar-refractivity contribution in [3.8, 4) is 0 Å². The first-order chi connectivity index (χ1) is 15.4. The molecule has 0 saturated heterocycles. The summed E-state index contributed by atoms with van der Waals surface area (Å²) in [6, 6.07) is 15.7. The standard InChI is InChI=1S/2C8H9O.2C4H6F3.Sn/c2*1-7(9)8-5-3-2-4-6-8;2*1-2-3(5)4(6)7;/h2*2-7H,1H3;2*3H,2H2,1H3;/q2*-1;;;+2. The van der Waals surface area contributed by atoms with Crippen LogP contribution in [0.15, 0.2) is 60.7 Å². The molecule has 0 N–H and O–H groups in total. The van der Waals surface area contributed by atoms with Crippen LogP contribution < -0.4 is 0 Å². The molecule has 184 valence electrons. The molecule has 0 aliphatic carbocycles. The summed E-state index contributed by atoms with van der Waals surface area (Å²) in [6.45, 7) is 4.84. The van der Waals surface area contributed by atoms with Gasteiger partial charge in [0.05, 0.1) is 0 Å². The Bertz CT molecular complexity index is 781. The van der Waals surface area contributed by atoms with Crippen molar-refractivity contribution >= 4 is 19.2 Å². The Hall–Kier alpha value is -1.26. The van der Waals surface area contributed by atoms with Crippen LogP contribution in [0, 0.1) is 0 Å². The average Bonchev–Trinajstić information content (AvgIpc) is 2.82. The third-order valence-electron chi connectivity index (χ3n) is 5.60. The van der Waals surface area contributed by atoms with Gasteiger partial charge in [0.25, 0.3) is 0 Å². The SMILES string of the molecule is CCC(F)[C](F)(F)[Sn]([O]C(C)c1ccccc1)([O]C(C)c1ccccc1)[C](F)(F)C(F)CC. The molecule has 9 heteroatoms. The van der Waals surface area contributed by atoms with Gasteiger partial charge in [-0.2, -0.15) is 0 Å². The normalized spacial score (nSPS) is 18.2. The van der Waals surface area contributed by atoms with Crippen molar-refractivity contribution in [3.63, 3.8) is 0 Å². The molecule has 2 aromatic carbocycles. The van der Waals surface area contributed by atoms with E-state index in [0.717, 1.165) is 13.8 Å². The van der Waals surface area contributed by atoms with Crippen LogP contribution in [0.3, 0.4) is 0 Å². The van der Waals surface area contributed by atoms with E-state index in [4.69, 9.17) is 6.15 Å². The van der Waals surface area contributed by atoms with E-state index in [1.165, 1.54) is 38.1 Å². The predicted molar refractivity (Wildman–Crippen MR) is 118 cm³/mol. The Morgan fingerprint density at radius 1 is 0.667 bits per heavy atom. The Labute approximate surface area is 196 Å². The Kier molecular flexibility index (Phi) is 9.70. The van der Waals surface area contributed by atoms with Crippen molar-refractivity contribution in [2.24, 2.45) is 0 Å². The summed E-state index contributed by atoms with van der Waals surface area (Å²) < 4.78 is 93.8. The summed E-state index contributed by atoms with van der Waals surface area (Å²) in [5.41, 5.74) is 0.639. The monoisotopic (exact) mass is 584 g/mol. The molecule has 0 aliphatic heterocycles. The molecule has 0 aliphatic rings. The molecule has 0 bridgehead atoms. The van der Waals surface area contributed by atoms with Gasteiger partial charge in [-0.25, -0.2) is 0 Å². The first kappa shape index (κ1) is 28.0. The third kappa shape index (κ3) is 5.70. The van der Waals surface area contributed by atoms with Crippen LogP contribution in [-0.2, 0) is 6.15 Å². The van der Waals surface area contributed by atoms with Crippen LogP contribution in [0.2, 0.25) is 0 Å². The first-order valence-corrected chi connectivity index (χ1v) is 16.1. The minimum absolute atomic E-state index is 0.319. The summed E-state index contributed by atoms with van der Waals surface area (Å²) in [7, 11) is 0. The molecule has 2 aromatic rings. The van der Waals surface area contributed by atoms with Crippen molar-refractivity contribution in [2.75, 3.05) is 0 Å². The Morgan fingerprint density at radius 3 is 1.24 bits per heavy atom. The number of hydrogen-bond acceptors (Lipinski definition) is 2. The van der Waals surface area contributed by atoms with Gasteiger partial charge < -0.3 is 0 Å². The van der Waals surface area contributed by atoms with Crippen LogP contribution >= 0.6 is 0 Å². The van der Waals surface area contributed by atoms with Gasteiger partial charge in [-0.1, -0.05) is 0 Å². The molecule has 0 heterocycles. The Balaban J connectivity index is 2.71. The van der Waals surface area contributed by atoms with Gasteiger partial charge in [0, 0.05) is 0 Å². The number of hydrogen-bond donors (Lipinski definition) is 0. The molecule has 0 aromatic heterocycles. The summed E-state index contributed by atoms with van der Waals surface area (Å²) >= 11 is -7.40. The van der Waals surface area contributed by atoms with Crippen molar-refractivity contribution < 1.29 is 32.5 Å². The van der Waals surface area contributed by atoms with Gasteiger partial charge in [0.15, 0.2) is 0 Å². The van der Waals surface area contributed by atoms with Crippen LogP contribution in [0.25, 0.3) is 0 Å². The van der Waals surface area contributed by atoms with Crippen LogP contribution in [0.5, 0.6) is 0 Å². The fourth-order valence-corrected chi connectivity index (χ4v) is 13.9. The average molecular weight is 583 g/mol. The van der Waals surface area contributed by atoms with E-state index in [1.54, 1.807) is 36.4 Å². The van der Waals surface area contributed by atoms with E-state index in [9.17, 15) is 8.78 Å². The predicted octanol–water partition coefficient (Wildman–Crippen LogP) is 7.83. The van der Waals surface area contributed by atoms with Crippen molar-refractivity contribution in [3.05, 3.63) is 71.8 Å². The molecule has 2 nitrogen and oxygen atoms in total. The molecular formula is C24H30F6O2Sn. The van der Waals surface area contributed by atoms with Crippen molar-refractivity contribution in [2.45, 2.75) is 73.0 Å². The van der Waals surface area contributed by atoms with Gasteiger partial charge in [0.2, 0.25) is 0 Å². The zero-order valence-electron chi connectivity index (χ0n) is 19.1. The third-order valence-corrected chi connectivity index (χ3v) is 16.3. The van der Waals surface area contributed by atoms with Crippen molar-refractivity contribution in [1.29, 1.82) is 0 Å². The summed E-state index contributed by atoms with van der Waals surface area (Å²) in [4.78, 5) is 0. The molecule has 4 atom stereocenters. The zero-order valence-corrected chi connectivity index (χ0v) is 21.9. The van der Waals surface area contributed by atoms with Crippen LogP contribution in [-0.4, -0.2) is 39.4 Å². The topological polar surface area (TPSA) is 18.5 Å². The van der Waals surface area contributed by atoms with E-state index < -0.39 is 64.5 Å². The summed E-state index contributed by atoms with van der Waals surface area (Å²) in [6.07, 6.45) is -10.1. The first-order valence-electron chi connectivity index (χ1n) is 10.9. The summed E-state index contributed by atoms with van der Waals surface area (Å²) in [5.74, 6) is 0. The quantitative estimate of drug-likeness (QED) is 0.187. The van der Waals surface area contributed by atoms with Gasteiger partial charge in [-0.05, 0) is 0 Å². The second-order valence-corrected chi connectivity index (χ2v) is 16.6. The number of halogens is 6. The molecule has 0 amide bonds. The molecule has 0 saturated carbocycles. The molecule has 33 heavy (non-hydrogen) atoms. The number of rotatable bonds is 12. The van der Waals surface area contributed by atoms with E-state index >= 15 is 17.6 Å². The molecule has 4 unspecified atom stereocenters. The second kappa shape index (κ2) is 11.4. The molecular weight excluding hydrogens is 553 g/mol. The van der Waals surface area contributed by atoms with Gasteiger partial charge in [0.1, 0.15) is 0 Å². The summed E-state index contributed by atoms with van der Waals surface area (Å²) in [5, 5.41) is 0. The Morgan fingerprint density at radius 2 is 0.970 bits per heavy atom. The van der Waals surface area contributed by atoms with Crippen molar-refractivity contribution in [1.82, 2.24) is 0 Å². The van der Waals surface area contributed by atoms with Crippen LogP contribution in [0.1, 0.15) is 63.9 Å². The van der Waals surface area contributed by atoms with E-state index in [0.29, 0.717) is 11.1 Å². The van der Waals surface area contributed by atoms with Gasteiger partial charge in [-0.15, -0.1) is 0 Å². The number of benzene rings is 2. The van der Waals surface area contributed by atoms with E-state index in [2.05, 4.69) is 0 Å².